The van der Waals surface area contributed by atoms with Crippen molar-refractivity contribution < 1.29 is 9.59 Å². The lowest BCUT2D eigenvalue weighted by Gasteiger charge is -2.26. The number of nitrogens with one attached hydrogen (secondary N) is 1. The van der Waals surface area contributed by atoms with Gasteiger partial charge in [0.2, 0.25) is 5.91 Å². The number of hydrogen-bond donors (Lipinski definition) is 1. The minimum Gasteiger partial charge on any atom is -0.333 e. The van der Waals surface area contributed by atoms with Crippen molar-refractivity contribution in [2.45, 2.75) is 13.0 Å². The van der Waals surface area contributed by atoms with Gasteiger partial charge in [0.25, 0.3) is 5.91 Å². The second-order valence-corrected chi connectivity index (χ2v) is 8.63. The van der Waals surface area contributed by atoms with Gasteiger partial charge in [-0.25, -0.2) is 4.98 Å². The van der Waals surface area contributed by atoms with E-state index in [2.05, 4.69) is 10.3 Å². The van der Waals surface area contributed by atoms with E-state index in [0.29, 0.717) is 40.3 Å². The summed E-state index contributed by atoms with van der Waals surface area (Å²) in [7, 11) is 0. The van der Waals surface area contributed by atoms with Gasteiger partial charge in [-0.05, 0) is 35.9 Å². The van der Waals surface area contributed by atoms with Crippen LogP contribution in [0.15, 0.2) is 54.6 Å². The first kappa shape index (κ1) is 20.6. The summed E-state index contributed by atoms with van der Waals surface area (Å²) in [5, 5.41) is 4.21. The normalized spacial score (nSPS) is 13.3. The number of hydrogen-bond acceptors (Lipinski definition) is 4. The van der Waals surface area contributed by atoms with Crippen molar-refractivity contribution in [1.29, 1.82) is 0 Å². The molecule has 3 aromatic rings. The lowest BCUT2D eigenvalue weighted by atomic mass is 10.1. The van der Waals surface area contributed by atoms with Crippen LogP contribution < -0.4 is 5.32 Å². The van der Waals surface area contributed by atoms with Crippen LogP contribution in [0.1, 0.15) is 26.5 Å². The summed E-state index contributed by atoms with van der Waals surface area (Å²) in [6, 6.07) is 14.4. The van der Waals surface area contributed by atoms with Crippen molar-refractivity contribution in [2.75, 3.05) is 11.9 Å². The predicted octanol–water partition coefficient (Wildman–Crippen LogP) is 5.30. The highest BCUT2D eigenvalue weighted by atomic mass is 35.5. The number of benzene rings is 2. The van der Waals surface area contributed by atoms with Crippen molar-refractivity contribution in [3.8, 4) is 0 Å². The van der Waals surface area contributed by atoms with E-state index in [0.717, 1.165) is 16.1 Å². The Labute approximate surface area is 188 Å². The van der Waals surface area contributed by atoms with Crippen molar-refractivity contribution in [3.63, 3.8) is 0 Å². The molecule has 0 atom stereocenters. The summed E-state index contributed by atoms with van der Waals surface area (Å²) in [4.78, 5) is 32.2. The van der Waals surface area contributed by atoms with Crippen LogP contribution in [0.25, 0.3) is 6.08 Å². The van der Waals surface area contributed by atoms with Gasteiger partial charge < -0.3 is 4.90 Å². The molecule has 0 bridgehead atoms. The molecule has 5 nitrogen and oxygen atoms in total. The third-order valence-electron chi connectivity index (χ3n) is 4.64. The molecule has 0 aliphatic carbocycles. The number of anilines is 1. The summed E-state index contributed by atoms with van der Waals surface area (Å²) in [6.07, 6.45) is 3.75. The standard InChI is InChI=1S/C22H17Cl2N3O2S/c23-16-8-6-14(12-17(16)24)7-9-20(28)26-22-25-18-10-11-27(13-19(18)30-22)21(29)15-4-2-1-3-5-15/h1-9,12H,10-11,13H2,(H,25,26,28)/b9-7+. The zero-order valence-electron chi connectivity index (χ0n) is 15.8. The fourth-order valence-corrected chi connectivity index (χ4v) is 4.45. The quantitative estimate of drug-likeness (QED) is 0.540. The Morgan fingerprint density at radius 2 is 1.90 bits per heavy atom. The van der Waals surface area contributed by atoms with Gasteiger partial charge >= 0.3 is 0 Å². The Balaban J connectivity index is 1.40. The highest BCUT2D eigenvalue weighted by Crippen LogP contribution is 2.29. The van der Waals surface area contributed by atoms with Crippen LogP contribution in [0, 0.1) is 0 Å². The zero-order valence-corrected chi connectivity index (χ0v) is 18.1. The van der Waals surface area contributed by atoms with E-state index in [9.17, 15) is 9.59 Å². The highest BCUT2D eigenvalue weighted by Gasteiger charge is 2.25. The van der Waals surface area contributed by atoms with Crippen LogP contribution in [0.5, 0.6) is 0 Å². The largest absolute Gasteiger partial charge is 0.333 e. The Morgan fingerprint density at radius 3 is 2.67 bits per heavy atom. The molecule has 1 aliphatic rings. The van der Waals surface area contributed by atoms with Crippen LogP contribution in [-0.2, 0) is 17.8 Å². The fraction of sp³-hybridized carbons (Fsp3) is 0.136. The Kier molecular flexibility index (Phi) is 6.18. The summed E-state index contributed by atoms with van der Waals surface area (Å²) in [5.74, 6) is -0.283. The first-order valence-corrected chi connectivity index (χ1v) is 10.8. The summed E-state index contributed by atoms with van der Waals surface area (Å²) >= 11 is 13.3. The van der Waals surface area contributed by atoms with Crippen molar-refractivity contribution in [1.82, 2.24) is 9.88 Å². The van der Waals surface area contributed by atoms with Crippen LogP contribution in [0.4, 0.5) is 5.13 Å². The highest BCUT2D eigenvalue weighted by molar-refractivity contribution is 7.15. The first-order chi connectivity index (χ1) is 14.5. The molecule has 0 fully saturated rings. The lowest BCUT2D eigenvalue weighted by Crippen LogP contribution is -2.35. The number of carbonyl (C=O) groups is 2. The molecule has 2 heterocycles. The number of rotatable bonds is 4. The fourth-order valence-electron chi connectivity index (χ4n) is 3.12. The van der Waals surface area contributed by atoms with Crippen molar-refractivity contribution in [2.24, 2.45) is 0 Å². The maximum Gasteiger partial charge on any atom is 0.254 e. The molecule has 30 heavy (non-hydrogen) atoms. The molecule has 2 aromatic carbocycles. The molecule has 1 aliphatic heterocycles. The van der Waals surface area contributed by atoms with Gasteiger partial charge in [0.05, 0.1) is 22.3 Å². The third-order valence-corrected chi connectivity index (χ3v) is 6.38. The molecule has 2 amide bonds. The number of amides is 2. The van der Waals surface area contributed by atoms with E-state index < -0.39 is 0 Å². The first-order valence-electron chi connectivity index (χ1n) is 9.26. The molecule has 0 unspecified atom stereocenters. The van der Waals surface area contributed by atoms with Crippen LogP contribution in [0.2, 0.25) is 10.0 Å². The van der Waals surface area contributed by atoms with Gasteiger partial charge in [-0.1, -0.05) is 58.8 Å². The molecule has 152 valence electrons. The maximum atomic E-state index is 12.7. The topological polar surface area (TPSA) is 62.3 Å². The molecule has 0 saturated heterocycles. The molecular formula is C22H17Cl2N3O2S. The minimum atomic E-state index is -0.288. The average Bonchev–Trinajstić information content (AvgIpc) is 3.16. The van der Waals surface area contributed by atoms with E-state index in [1.165, 1.54) is 17.4 Å². The third kappa shape index (κ3) is 4.73. The molecule has 4 rings (SSSR count). The maximum absolute atomic E-state index is 12.7. The molecule has 0 saturated carbocycles. The van der Waals surface area contributed by atoms with E-state index in [1.807, 2.05) is 35.2 Å². The van der Waals surface area contributed by atoms with E-state index in [-0.39, 0.29) is 11.8 Å². The minimum absolute atomic E-state index is 0.00444. The van der Waals surface area contributed by atoms with Crippen molar-refractivity contribution in [3.05, 3.63) is 86.4 Å². The molecule has 0 radical (unpaired) electrons. The SMILES string of the molecule is O=C(/C=C/c1ccc(Cl)c(Cl)c1)Nc1nc2c(s1)CN(C(=O)c1ccccc1)CC2. The van der Waals surface area contributed by atoms with Crippen LogP contribution in [0.3, 0.4) is 0 Å². The van der Waals surface area contributed by atoms with Crippen LogP contribution >= 0.6 is 34.5 Å². The molecular weight excluding hydrogens is 441 g/mol. The molecule has 0 spiro atoms. The molecule has 1 aromatic heterocycles. The van der Waals surface area contributed by atoms with Gasteiger partial charge in [-0.15, -0.1) is 0 Å². The number of nitrogens with zero attached hydrogens (tertiary/aromatic N) is 2. The van der Waals surface area contributed by atoms with Gasteiger partial charge in [-0.3, -0.25) is 14.9 Å². The Hall–Kier alpha value is -2.67. The predicted molar refractivity (Wildman–Crippen MR) is 121 cm³/mol. The monoisotopic (exact) mass is 457 g/mol. The van der Waals surface area contributed by atoms with Gasteiger partial charge in [0.1, 0.15) is 0 Å². The second kappa shape index (κ2) is 9.00. The molecule has 1 N–H and O–H groups in total. The second-order valence-electron chi connectivity index (χ2n) is 6.73. The Bertz CT molecular complexity index is 1130. The summed E-state index contributed by atoms with van der Waals surface area (Å²) in [5.41, 5.74) is 2.38. The number of carbonyl (C=O) groups excluding carboxylic acids is 2. The lowest BCUT2D eigenvalue weighted by molar-refractivity contribution is -0.111. The number of fused-ring (bicyclic) bond motifs is 1. The van der Waals surface area contributed by atoms with Gasteiger partial charge in [0, 0.05) is 29.5 Å². The number of aromatic nitrogens is 1. The van der Waals surface area contributed by atoms with Gasteiger partial charge in [-0.2, -0.15) is 0 Å². The summed E-state index contributed by atoms with van der Waals surface area (Å²) in [6.45, 7) is 1.10. The Morgan fingerprint density at radius 1 is 1.10 bits per heavy atom. The van der Waals surface area contributed by atoms with E-state index >= 15 is 0 Å². The number of halogens is 2. The van der Waals surface area contributed by atoms with E-state index in [4.69, 9.17) is 23.2 Å². The van der Waals surface area contributed by atoms with Crippen LogP contribution in [-0.4, -0.2) is 28.2 Å². The van der Waals surface area contributed by atoms with E-state index in [1.54, 1.807) is 24.3 Å². The van der Waals surface area contributed by atoms with Crippen molar-refractivity contribution >= 4 is 57.6 Å². The zero-order chi connectivity index (χ0) is 21.1. The van der Waals surface area contributed by atoms with Gasteiger partial charge in [0.15, 0.2) is 5.13 Å². The smallest absolute Gasteiger partial charge is 0.254 e. The summed E-state index contributed by atoms with van der Waals surface area (Å²) < 4.78 is 0. The average molecular weight is 458 g/mol. The number of thiazole rings is 1. The molecule has 8 heteroatoms.